The second-order valence-electron chi connectivity index (χ2n) is 6.83. The minimum atomic E-state index is -3.59. The number of rotatable bonds is 8. The third-order valence-electron chi connectivity index (χ3n) is 4.77. The minimum absolute atomic E-state index is 0.0550. The summed E-state index contributed by atoms with van der Waals surface area (Å²) in [6.45, 7) is -0.316. The highest BCUT2D eigenvalue weighted by molar-refractivity contribution is 7.89. The van der Waals surface area contributed by atoms with Gasteiger partial charge in [-0.3, -0.25) is 4.79 Å². The number of hydrogen-bond donors (Lipinski definition) is 4. The van der Waals surface area contributed by atoms with Crippen molar-refractivity contribution in [1.29, 1.82) is 0 Å². The lowest BCUT2D eigenvalue weighted by Crippen LogP contribution is -2.22. The van der Waals surface area contributed by atoms with Gasteiger partial charge in [0.25, 0.3) is 0 Å². The molecule has 0 bridgehead atoms. The zero-order valence-electron chi connectivity index (χ0n) is 15.0. The van der Waals surface area contributed by atoms with Crippen LogP contribution in [0.2, 0.25) is 0 Å². The first-order valence-corrected chi connectivity index (χ1v) is 10.5. The SMILES string of the molecule is NS(=O)(=O)CC[C@H]1C[C@@H](Nc2ncncc2C(=O)c2ccc(CO)o2)C[C@@H]1O. The molecule has 0 radical (unpaired) electrons. The fourth-order valence-electron chi connectivity index (χ4n) is 3.37. The molecule has 152 valence electrons. The second-order valence-corrected chi connectivity index (χ2v) is 8.57. The van der Waals surface area contributed by atoms with E-state index in [1.807, 2.05) is 0 Å². The summed E-state index contributed by atoms with van der Waals surface area (Å²) in [4.78, 5) is 20.7. The number of primary sulfonamides is 1. The van der Waals surface area contributed by atoms with Gasteiger partial charge in [0.1, 0.15) is 24.5 Å². The monoisotopic (exact) mass is 410 g/mol. The number of carbonyl (C=O) groups is 1. The van der Waals surface area contributed by atoms with Gasteiger partial charge in [0, 0.05) is 12.2 Å². The van der Waals surface area contributed by atoms with Gasteiger partial charge in [0.05, 0.1) is 17.4 Å². The van der Waals surface area contributed by atoms with Crippen molar-refractivity contribution < 1.29 is 27.8 Å². The van der Waals surface area contributed by atoms with E-state index in [1.54, 1.807) is 0 Å². The molecule has 0 aromatic carbocycles. The molecule has 11 heteroatoms. The van der Waals surface area contributed by atoms with Crippen LogP contribution in [0.1, 0.15) is 41.1 Å². The first-order valence-electron chi connectivity index (χ1n) is 8.76. The normalized spacial score (nSPS) is 22.3. The van der Waals surface area contributed by atoms with E-state index in [0.717, 1.165) is 0 Å². The van der Waals surface area contributed by atoms with Gasteiger partial charge in [-0.05, 0) is 37.3 Å². The maximum absolute atomic E-state index is 12.7. The number of aliphatic hydroxyl groups is 2. The predicted molar refractivity (Wildman–Crippen MR) is 98.8 cm³/mol. The van der Waals surface area contributed by atoms with Gasteiger partial charge in [-0.15, -0.1) is 0 Å². The number of aromatic nitrogens is 2. The van der Waals surface area contributed by atoms with E-state index >= 15 is 0 Å². The number of carbonyl (C=O) groups excluding carboxylic acids is 1. The lowest BCUT2D eigenvalue weighted by atomic mass is 10.0. The summed E-state index contributed by atoms with van der Waals surface area (Å²) in [6.07, 6.45) is 3.17. The molecule has 0 aliphatic heterocycles. The summed E-state index contributed by atoms with van der Waals surface area (Å²) < 4.78 is 27.6. The first kappa shape index (κ1) is 20.4. The standard InChI is InChI=1S/C17H22N4O6S/c18-28(25,26)4-3-10-5-11(6-14(10)23)21-17-13(7-19-9-20-17)16(24)15-2-1-12(8-22)27-15/h1-2,7,9-11,14,22-23H,3-6,8H2,(H2,18,25,26)(H,19,20,21)/t10-,11+,14-/m0/s1. The molecule has 0 amide bonds. The van der Waals surface area contributed by atoms with E-state index in [2.05, 4.69) is 15.3 Å². The van der Waals surface area contributed by atoms with Crippen molar-refractivity contribution in [1.82, 2.24) is 9.97 Å². The topological polar surface area (TPSA) is 169 Å². The van der Waals surface area contributed by atoms with Crippen LogP contribution in [-0.4, -0.2) is 52.3 Å². The Hall–Kier alpha value is -2.34. The first-order chi connectivity index (χ1) is 13.3. The Morgan fingerprint density at radius 2 is 2.14 bits per heavy atom. The summed E-state index contributed by atoms with van der Waals surface area (Å²) in [6, 6.07) is 2.78. The smallest absolute Gasteiger partial charge is 0.233 e. The van der Waals surface area contributed by atoms with Crippen LogP contribution in [0.25, 0.3) is 0 Å². The van der Waals surface area contributed by atoms with E-state index < -0.39 is 21.9 Å². The molecule has 2 aromatic rings. The largest absolute Gasteiger partial charge is 0.455 e. The van der Waals surface area contributed by atoms with Crippen LogP contribution in [-0.2, 0) is 16.6 Å². The van der Waals surface area contributed by atoms with Gasteiger partial charge >= 0.3 is 0 Å². The van der Waals surface area contributed by atoms with E-state index in [1.165, 1.54) is 24.7 Å². The zero-order valence-corrected chi connectivity index (χ0v) is 15.8. The molecule has 5 N–H and O–H groups in total. The molecule has 1 aliphatic carbocycles. The Morgan fingerprint density at radius 3 is 2.82 bits per heavy atom. The van der Waals surface area contributed by atoms with Gasteiger partial charge in [0.15, 0.2) is 5.76 Å². The number of nitrogens with one attached hydrogen (secondary N) is 1. The van der Waals surface area contributed by atoms with Gasteiger partial charge in [-0.1, -0.05) is 0 Å². The van der Waals surface area contributed by atoms with Crippen molar-refractivity contribution in [3.63, 3.8) is 0 Å². The average molecular weight is 410 g/mol. The highest BCUT2D eigenvalue weighted by atomic mass is 32.2. The van der Waals surface area contributed by atoms with Crippen molar-refractivity contribution in [2.45, 2.75) is 38.0 Å². The molecule has 0 saturated heterocycles. The fourth-order valence-corrected chi connectivity index (χ4v) is 4.00. The number of anilines is 1. The zero-order chi connectivity index (χ0) is 20.3. The third kappa shape index (κ3) is 4.93. The molecule has 0 unspecified atom stereocenters. The minimum Gasteiger partial charge on any atom is -0.455 e. The van der Waals surface area contributed by atoms with Crippen molar-refractivity contribution in [3.05, 3.63) is 41.7 Å². The maximum atomic E-state index is 12.7. The van der Waals surface area contributed by atoms with E-state index in [-0.39, 0.29) is 47.8 Å². The number of aliphatic hydroxyl groups excluding tert-OH is 2. The number of nitrogens with zero attached hydrogens (tertiary/aromatic N) is 2. The molecule has 3 atom stereocenters. The predicted octanol–water partition coefficient (Wildman–Crippen LogP) is 0.0229. The van der Waals surface area contributed by atoms with Gasteiger partial charge in [-0.2, -0.15) is 0 Å². The quantitative estimate of drug-likeness (QED) is 0.438. The Kier molecular flexibility index (Phi) is 6.08. The number of sulfonamides is 1. The highest BCUT2D eigenvalue weighted by Gasteiger charge is 2.34. The number of nitrogens with two attached hydrogens (primary N) is 1. The fraction of sp³-hybridized carbons (Fsp3) is 0.471. The van der Waals surface area contributed by atoms with Crippen LogP contribution in [0.3, 0.4) is 0 Å². The number of furan rings is 1. The van der Waals surface area contributed by atoms with Crippen molar-refractivity contribution in [2.24, 2.45) is 11.1 Å². The summed E-state index contributed by atoms with van der Waals surface area (Å²) in [5.74, 6) is -0.220. The molecule has 1 saturated carbocycles. The molecule has 0 spiro atoms. The molecule has 1 aliphatic rings. The Labute approximate surface area is 161 Å². The lowest BCUT2D eigenvalue weighted by Gasteiger charge is -2.15. The van der Waals surface area contributed by atoms with Crippen molar-refractivity contribution in [3.8, 4) is 0 Å². The Balaban J connectivity index is 1.71. The van der Waals surface area contributed by atoms with E-state index in [4.69, 9.17) is 14.7 Å². The van der Waals surface area contributed by atoms with Crippen molar-refractivity contribution >= 4 is 21.6 Å². The lowest BCUT2D eigenvalue weighted by molar-refractivity contribution is 0.100. The Bertz CT molecular complexity index is 945. The maximum Gasteiger partial charge on any atom is 0.233 e. The van der Waals surface area contributed by atoms with Gasteiger partial charge < -0.3 is 19.9 Å². The van der Waals surface area contributed by atoms with Crippen LogP contribution in [0.4, 0.5) is 5.82 Å². The summed E-state index contributed by atoms with van der Waals surface area (Å²) in [5, 5.41) is 27.5. The number of ketones is 1. The molecule has 2 heterocycles. The Morgan fingerprint density at radius 1 is 1.36 bits per heavy atom. The van der Waals surface area contributed by atoms with Crippen LogP contribution >= 0.6 is 0 Å². The van der Waals surface area contributed by atoms with Crippen LogP contribution in [0.5, 0.6) is 0 Å². The van der Waals surface area contributed by atoms with Gasteiger partial charge in [0.2, 0.25) is 15.8 Å². The molecular weight excluding hydrogens is 388 g/mol. The highest BCUT2D eigenvalue weighted by Crippen LogP contribution is 2.31. The van der Waals surface area contributed by atoms with E-state index in [0.29, 0.717) is 18.7 Å². The molecule has 3 rings (SSSR count). The number of hydrogen-bond acceptors (Lipinski definition) is 9. The molecule has 2 aromatic heterocycles. The second kappa shape index (κ2) is 8.35. The average Bonchev–Trinajstić information content (AvgIpc) is 3.26. The molecule has 10 nitrogen and oxygen atoms in total. The van der Waals surface area contributed by atoms with Crippen LogP contribution in [0, 0.1) is 5.92 Å². The third-order valence-corrected chi connectivity index (χ3v) is 5.57. The van der Waals surface area contributed by atoms with Crippen molar-refractivity contribution in [2.75, 3.05) is 11.1 Å². The molecule has 1 fully saturated rings. The molecule has 28 heavy (non-hydrogen) atoms. The molecular formula is C17H22N4O6S. The summed E-state index contributed by atoms with van der Waals surface area (Å²) in [7, 11) is -3.59. The van der Waals surface area contributed by atoms with E-state index in [9.17, 15) is 18.3 Å². The van der Waals surface area contributed by atoms with Crippen LogP contribution in [0.15, 0.2) is 29.1 Å². The van der Waals surface area contributed by atoms with Gasteiger partial charge in [-0.25, -0.2) is 23.5 Å². The summed E-state index contributed by atoms with van der Waals surface area (Å²) in [5.41, 5.74) is 0.198. The van der Waals surface area contributed by atoms with Crippen LogP contribution < -0.4 is 10.5 Å². The summed E-state index contributed by atoms with van der Waals surface area (Å²) >= 11 is 0.